The van der Waals surface area contributed by atoms with Gasteiger partial charge in [-0.15, -0.1) is 0 Å². The number of hydrogen-bond acceptors (Lipinski definition) is 3. The molecule has 0 aromatic rings. The number of hydrogen-bond donors (Lipinski definition) is 0. The minimum Gasteiger partial charge on any atom is -0.443 e. The first-order valence-corrected chi connectivity index (χ1v) is 4.96. The van der Waals surface area contributed by atoms with E-state index in [4.69, 9.17) is 4.74 Å². The third-order valence-electron chi connectivity index (χ3n) is 2.09. The first-order valence-electron chi connectivity index (χ1n) is 4.96. The van der Waals surface area contributed by atoms with Crippen LogP contribution in [-0.4, -0.2) is 35.2 Å². The molecule has 1 saturated heterocycles. The van der Waals surface area contributed by atoms with Crippen molar-refractivity contribution in [2.75, 3.05) is 6.67 Å². The predicted octanol–water partition coefficient (Wildman–Crippen LogP) is 1.88. The number of carbonyl (C=O) groups is 2. The van der Waals surface area contributed by atoms with Crippen molar-refractivity contribution in [1.82, 2.24) is 4.90 Å². The Morgan fingerprint density at radius 1 is 1.60 bits per heavy atom. The van der Waals surface area contributed by atoms with Gasteiger partial charge in [-0.3, -0.25) is 4.79 Å². The highest BCUT2D eigenvalue weighted by Crippen LogP contribution is 2.22. The average Bonchev–Trinajstić information content (AvgIpc) is 2.43. The van der Waals surface area contributed by atoms with Gasteiger partial charge in [-0.1, -0.05) is 0 Å². The minimum absolute atomic E-state index is 0.216. The van der Waals surface area contributed by atoms with E-state index in [9.17, 15) is 14.0 Å². The van der Waals surface area contributed by atoms with Gasteiger partial charge in [0.1, 0.15) is 12.3 Å². The molecule has 2 amide bonds. The highest BCUT2D eigenvalue weighted by molar-refractivity contribution is 5.94. The number of nitrogens with zero attached hydrogens (tertiary/aromatic N) is 1. The normalized spacial score (nSPS) is 22.0. The van der Waals surface area contributed by atoms with Gasteiger partial charge in [0.2, 0.25) is 5.91 Å². The number of imide groups is 1. The van der Waals surface area contributed by atoms with Crippen LogP contribution in [0.4, 0.5) is 9.18 Å². The van der Waals surface area contributed by atoms with Crippen LogP contribution in [-0.2, 0) is 9.53 Å². The van der Waals surface area contributed by atoms with Crippen LogP contribution in [0.5, 0.6) is 0 Å². The Bertz CT molecular complexity index is 272. The Hall–Kier alpha value is -1.13. The number of halogens is 1. The summed E-state index contributed by atoms with van der Waals surface area (Å²) in [6, 6.07) is -0.646. The molecule has 1 fully saturated rings. The molecule has 4 nitrogen and oxygen atoms in total. The monoisotopic (exact) mass is 217 g/mol. The second-order valence-electron chi connectivity index (χ2n) is 4.59. The highest BCUT2D eigenvalue weighted by atomic mass is 19.1. The van der Waals surface area contributed by atoms with Crippen molar-refractivity contribution >= 4 is 12.0 Å². The van der Waals surface area contributed by atoms with Gasteiger partial charge in [0, 0.05) is 6.42 Å². The molecular weight excluding hydrogens is 201 g/mol. The fourth-order valence-corrected chi connectivity index (χ4v) is 1.45. The van der Waals surface area contributed by atoms with Crippen molar-refractivity contribution in [3.05, 3.63) is 0 Å². The van der Waals surface area contributed by atoms with Crippen molar-refractivity contribution in [2.45, 2.75) is 45.3 Å². The Labute approximate surface area is 88.4 Å². The maximum Gasteiger partial charge on any atom is 0.417 e. The van der Waals surface area contributed by atoms with Crippen LogP contribution in [0.25, 0.3) is 0 Å². The molecule has 0 radical (unpaired) electrons. The summed E-state index contributed by atoms with van der Waals surface area (Å²) in [5.74, 6) is -0.355. The summed E-state index contributed by atoms with van der Waals surface area (Å²) < 4.78 is 17.5. The SMILES string of the molecule is CC(C)(C)OC(=O)N1C(=O)CCC1CF. The zero-order valence-electron chi connectivity index (χ0n) is 9.25. The van der Waals surface area contributed by atoms with Gasteiger partial charge in [0.05, 0.1) is 6.04 Å². The number of ether oxygens (including phenoxy) is 1. The largest absolute Gasteiger partial charge is 0.443 e. The summed E-state index contributed by atoms with van der Waals surface area (Å²) in [7, 11) is 0. The molecule has 1 atom stereocenters. The summed E-state index contributed by atoms with van der Waals surface area (Å²) in [6.45, 7) is 4.41. The molecule has 0 aromatic carbocycles. The number of carbonyl (C=O) groups excluding carboxylic acids is 2. The lowest BCUT2D eigenvalue weighted by molar-refractivity contribution is -0.128. The van der Waals surface area contributed by atoms with E-state index >= 15 is 0 Å². The molecule has 0 saturated carbocycles. The molecule has 1 rings (SSSR count). The Balaban J connectivity index is 2.69. The molecule has 5 heteroatoms. The van der Waals surface area contributed by atoms with Crippen molar-refractivity contribution in [3.63, 3.8) is 0 Å². The first-order chi connectivity index (χ1) is 6.85. The number of likely N-dealkylation sites (tertiary alicyclic amines) is 1. The summed E-state index contributed by atoms with van der Waals surface area (Å²) in [5, 5.41) is 0. The molecule has 15 heavy (non-hydrogen) atoms. The highest BCUT2D eigenvalue weighted by Gasteiger charge is 2.38. The molecular formula is C10H16FNO3. The summed E-state index contributed by atoms with van der Waals surface area (Å²) >= 11 is 0. The Morgan fingerprint density at radius 3 is 2.67 bits per heavy atom. The van der Waals surface area contributed by atoms with Crippen molar-refractivity contribution in [3.8, 4) is 0 Å². The summed E-state index contributed by atoms with van der Waals surface area (Å²) in [6.07, 6.45) is -0.143. The lowest BCUT2D eigenvalue weighted by atomic mass is 10.2. The zero-order chi connectivity index (χ0) is 11.6. The molecule has 0 bridgehead atoms. The van der Waals surface area contributed by atoms with E-state index in [1.165, 1.54) is 0 Å². The fourth-order valence-electron chi connectivity index (χ4n) is 1.45. The smallest absolute Gasteiger partial charge is 0.417 e. The predicted molar refractivity (Wildman–Crippen MR) is 52.1 cm³/mol. The van der Waals surface area contributed by atoms with Crippen LogP contribution in [0.2, 0.25) is 0 Å². The van der Waals surface area contributed by atoms with Crippen LogP contribution in [0.15, 0.2) is 0 Å². The first kappa shape index (κ1) is 11.9. The van der Waals surface area contributed by atoms with Crippen LogP contribution in [0.3, 0.4) is 0 Å². The second kappa shape index (κ2) is 4.16. The van der Waals surface area contributed by atoms with Gasteiger partial charge in [-0.25, -0.2) is 14.1 Å². The average molecular weight is 217 g/mol. The summed E-state index contributed by atoms with van der Waals surface area (Å²) in [4.78, 5) is 23.8. The number of alkyl halides is 1. The van der Waals surface area contributed by atoms with E-state index in [1.54, 1.807) is 20.8 Å². The van der Waals surface area contributed by atoms with Gasteiger partial charge < -0.3 is 4.74 Å². The molecule has 1 aliphatic rings. The van der Waals surface area contributed by atoms with Gasteiger partial charge in [-0.2, -0.15) is 0 Å². The topological polar surface area (TPSA) is 46.6 Å². The standard InChI is InChI=1S/C10H16FNO3/c1-10(2,3)15-9(14)12-7(6-11)4-5-8(12)13/h7H,4-6H2,1-3H3. The van der Waals surface area contributed by atoms with E-state index in [0.29, 0.717) is 6.42 Å². The third-order valence-corrected chi connectivity index (χ3v) is 2.09. The molecule has 0 aliphatic carbocycles. The fraction of sp³-hybridized carbons (Fsp3) is 0.800. The molecule has 0 N–H and O–H groups in total. The van der Waals surface area contributed by atoms with Gasteiger partial charge in [-0.05, 0) is 27.2 Å². The maximum atomic E-state index is 12.5. The van der Waals surface area contributed by atoms with Crippen LogP contribution >= 0.6 is 0 Å². The lowest BCUT2D eigenvalue weighted by Gasteiger charge is -2.26. The van der Waals surface area contributed by atoms with Crippen molar-refractivity contribution in [2.24, 2.45) is 0 Å². The number of amides is 2. The van der Waals surface area contributed by atoms with Gasteiger partial charge in [0.25, 0.3) is 0 Å². The quantitative estimate of drug-likeness (QED) is 0.673. The Kier molecular flexibility index (Phi) is 3.31. The maximum absolute atomic E-state index is 12.5. The molecule has 0 aromatic heterocycles. The van der Waals surface area contributed by atoms with Crippen LogP contribution in [0.1, 0.15) is 33.6 Å². The molecule has 86 valence electrons. The lowest BCUT2D eigenvalue weighted by Crippen LogP contribution is -2.43. The van der Waals surface area contributed by atoms with E-state index in [0.717, 1.165) is 4.90 Å². The number of rotatable bonds is 1. The minimum atomic E-state index is -0.743. The van der Waals surface area contributed by atoms with Gasteiger partial charge in [0.15, 0.2) is 0 Å². The zero-order valence-corrected chi connectivity index (χ0v) is 9.25. The van der Waals surface area contributed by atoms with E-state index in [-0.39, 0.29) is 12.3 Å². The van der Waals surface area contributed by atoms with Crippen LogP contribution < -0.4 is 0 Å². The molecule has 1 heterocycles. The van der Waals surface area contributed by atoms with Crippen LogP contribution in [0, 0.1) is 0 Å². The van der Waals surface area contributed by atoms with E-state index in [1.807, 2.05) is 0 Å². The molecule has 1 unspecified atom stereocenters. The van der Waals surface area contributed by atoms with Crippen molar-refractivity contribution < 1.29 is 18.7 Å². The third kappa shape index (κ3) is 2.91. The summed E-state index contributed by atoms with van der Waals surface area (Å²) in [5.41, 5.74) is -0.666. The molecule has 0 spiro atoms. The van der Waals surface area contributed by atoms with E-state index < -0.39 is 24.4 Å². The second-order valence-corrected chi connectivity index (χ2v) is 4.59. The van der Waals surface area contributed by atoms with Gasteiger partial charge >= 0.3 is 6.09 Å². The van der Waals surface area contributed by atoms with E-state index in [2.05, 4.69) is 0 Å². The van der Waals surface area contributed by atoms with Crippen molar-refractivity contribution in [1.29, 1.82) is 0 Å². The Morgan fingerprint density at radius 2 is 2.20 bits per heavy atom. The molecule has 1 aliphatic heterocycles.